The van der Waals surface area contributed by atoms with Crippen molar-refractivity contribution in [3.05, 3.63) is 60.2 Å². The summed E-state index contributed by atoms with van der Waals surface area (Å²) in [5, 5.41) is 12.2. The molecular formula is C16H17NO3S. The topological polar surface area (TPSA) is 66.7 Å². The van der Waals surface area contributed by atoms with Crippen LogP contribution in [0, 0.1) is 0 Å². The van der Waals surface area contributed by atoms with E-state index in [1.165, 1.54) is 0 Å². The van der Waals surface area contributed by atoms with E-state index < -0.39 is 9.84 Å². The molecule has 21 heavy (non-hydrogen) atoms. The van der Waals surface area contributed by atoms with Gasteiger partial charge in [0, 0.05) is 11.3 Å². The molecule has 4 nitrogen and oxygen atoms in total. The molecule has 2 aromatic carbocycles. The van der Waals surface area contributed by atoms with E-state index in [0.717, 1.165) is 11.1 Å². The Morgan fingerprint density at radius 2 is 1.57 bits per heavy atom. The van der Waals surface area contributed by atoms with Crippen LogP contribution in [0.3, 0.4) is 0 Å². The van der Waals surface area contributed by atoms with Gasteiger partial charge in [0.15, 0.2) is 9.84 Å². The van der Waals surface area contributed by atoms with Crippen LogP contribution in [0.15, 0.2) is 59.8 Å². The predicted molar refractivity (Wildman–Crippen MR) is 84.5 cm³/mol. The first kappa shape index (κ1) is 15.3. The molecule has 2 rings (SSSR count). The van der Waals surface area contributed by atoms with Crippen LogP contribution in [0.25, 0.3) is 11.1 Å². The molecule has 0 heterocycles. The lowest BCUT2D eigenvalue weighted by atomic mass is 10.0. The summed E-state index contributed by atoms with van der Waals surface area (Å²) < 4.78 is 23.3. The number of hydrogen-bond acceptors (Lipinski definition) is 4. The second-order valence-electron chi connectivity index (χ2n) is 4.67. The standard InChI is InChI=1S/C16H17NO3S/c1-2-21(19,20)12-16(17-18)15-10-8-14(9-11-15)13-6-4-3-5-7-13/h3-11,18H,2,12H2,1H3/b17-16+. The molecule has 0 bridgehead atoms. The fourth-order valence-electron chi connectivity index (χ4n) is 1.97. The van der Waals surface area contributed by atoms with Gasteiger partial charge in [-0.2, -0.15) is 0 Å². The highest BCUT2D eigenvalue weighted by Crippen LogP contribution is 2.19. The third-order valence-electron chi connectivity index (χ3n) is 3.24. The minimum Gasteiger partial charge on any atom is -0.411 e. The first-order valence-corrected chi connectivity index (χ1v) is 8.45. The van der Waals surface area contributed by atoms with E-state index in [9.17, 15) is 8.42 Å². The molecule has 0 saturated carbocycles. The number of benzene rings is 2. The first-order valence-electron chi connectivity index (χ1n) is 6.63. The largest absolute Gasteiger partial charge is 0.411 e. The molecule has 110 valence electrons. The highest BCUT2D eigenvalue weighted by Gasteiger charge is 2.15. The van der Waals surface area contributed by atoms with Crippen molar-refractivity contribution >= 4 is 15.5 Å². The second-order valence-corrected chi connectivity index (χ2v) is 7.02. The van der Waals surface area contributed by atoms with Crippen molar-refractivity contribution in [1.82, 2.24) is 0 Å². The lowest BCUT2D eigenvalue weighted by Crippen LogP contribution is -2.18. The molecule has 0 saturated heterocycles. The molecular weight excluding hydrogens is 286 g/mol. The van der Waals surface area contributed by atoms with Crippen molar-refractivity contribution in [3.8, 4) is 11.1 Å². The minimum atomic E-state index is -3.23. The summed E-state index contributed by atoms with van der Waals surface area (Å²) in [4.78, 5) is 0. The fourth-order valence-corrected chi connectivity index (χ4v) is 2.81. The zero-order valence-corrected chi connectivity index (χ0v) is 12.5. The van der Waals surface area contributed by atoms with Gasteiger partial charge in [0.05, 0.1) is 5.75 Å². The Bertz CT molecular complexity index is 720. The number of nitrogens with zero attached hydrogens (tertiary/aromatic N) is 1. The molecule has 5 heteroatoms. The second kappa shape index (κ2) is 6.54. The summed E-state index contributed by atoms with van der Waals surface area (Å²) in [6, 6.07) is 17.2. The van der Waals surface area contributed by atoms with Gasteiger partial charge in [-0.25, -0.2) is 8.42 Å². The number of sulfone groups is 1. The van der Waals surface area contributed by atoms with Crippen molar-refractivity contribution in [2.45, 2.75) is 6.92 Å². The molecule has 0 aliphatic heterocycles. The zero-order valence-electron chi connectivity index (χ0n) is 11.7. The minimum absolute atomic E-state index is 0.0219. The van der Waals surface area contributed by atoms with Crippen molar-refractivity contribution in [2.75, 3.05) is 11.5 Å². The first-order chi connectivity index (χ1) is 10.1. The van der Waals surface area contributed by atoms with Crippen LogP contribution in [-0.2, 0) is 9.84 Å². The maximum atomic E-state index is 11.6. The molecule has 0 fully saturated rings. The van der Waals surface area contributed by atoms with E-state index in [2.05, 4.69) is 5.16 Å². The fraction of sp³-hybridized carbons (Fsp3) is 0.188. The SMILES string of the molecule is CCS(=O)(=O)C/C(=N\O)c1ccc(-c2ccccc2)cc1. The molecule has 1 N–H and O–H groups in total. The van der Waals surface area contributed by atoms with E-state index in [1.54, 1.807) is 19.1 Å². The van der Waals surface area contributed by atoms with Crippen LogP contribution in [0.5, 0.6) is 0 Å². The summed E-state index contributed by atoms with van der Waals surface area (Å²) in [5.41, 5.74) is 2.87. The molecule has 0 radical (unpaired) electrons. The van der Waals surface area contributed by atoms with E-state index in [0.29, 0.717) is 5.56 Å². The quantitative estimate of drug-likeness (QED) is 0.524. The average Bonchev–Trinajstić information content (AvgIpc) is 2.54. The van der Waals surface area contributed by atoms with E-state index in [-0.39, 0.29) is 17.2 Å². The molecule has 0 unspecified atom stereocenters. The Balaban J connectivity index is 2.26. The van der Waals surface area contributed by atoms with Gasteiger partial charge < -0.3 is 5.21 Å². The van der Waals surface area contributed by atoms with E-state index >= 15 is 0 Å². The van der Waals surface area contributed by atoms with Crippen LogP contribution >= 0.6 is 0 Å². The Labute approximate surface area is 124 Å². The van der Waals surface area contributed by atoms with Gasteiger partial charge in [0.2, 0.25) is 0 Å². The molecule has 0 aliphatic rings. The summed E-state index contributed by atoms with van der Waals surface area (Å²) in [7, 11) is -3.23. The maximum absolute atomic E-state index is 11.6. The zero-order chi connectivity index (χ0) is 15.3. The molecule has 0 aliphatic carbocycles. The van der Waals surface area contributed by atoms with Crippen molar-refractivity contribution < 1.29 is 13.6 Å². The Kier molecular flexibility index (Phi) is 4.75. The van der Waals surface area contributed by atoms with E-state index in [4.69, 9.17) is 5.21 Å². The lowest BCUT2D eigenvalue weighted by molar-refractivity contribution is 0.319. The van der Waals surface area contributed by atoms with Gasteiger partial charge in [-0.05, 0) is 11.1 Å². The van der Waals surface area contributed by atoms with Gasteiger partial charge in [-0.1, -0.05) is 66.7 Å². The number of rotatable bonds is 5. The predicted octanol–water partition coefficient (Wildman–Crippen LogP) is 2.97. The molecule has 0 amide bonds. The van der Waals surface area contributed by atoms with Crippen LogP contribution in [0.1, 0.15) is 12.5 Å². The highest BCUT2D eigenvalue weighted by atomic mass is 32.2. The molecule has 0 atom stereocenters. The van der Waals surface area contributed by atoms with E-state index in [1.807, 2.05) is 42.5 Å². The summed E-state index contributed by atoms with van der Waals surface area (Å²) in [6.45, 7) is 1.57. The summed E-state index contributed by atoms with van der Waals surface area (Å²) >= 11 is 0. The third kappa shape index (κ3) is 3.92. The average molecular weight is 303 g/mol. The van der Waals surface area contributed by atoms with Gasteiger partial charge >= 0.3 is 0 Å². The number of hydrogen-bond donors (Lipinski definition) is 1. The van der Waals surface area contributed by atoms with Gasteiger partial charge in [0.25, 0.3) is 0 Å². The normalized spacial score (nSPS) is 12.3. The van der Waals surface area contributed by atoms with Crippen LogP contribution < -0.4 is 0 Å². The van der Waals surface area contributed by atoms with Gasteiger partial charge in [-0.15, -0.1) is 0 Å². The Morgan fingerprint density at radius 3 is 2.10 bits per heavy atom. The van der Waals surface area contributed by atoms with Crippen LogP contribution in [0.2, 0.25) is 0 Å². The molecule has 0 aromatic heterocycles. The molecule has 0 spiro atoms. The Hall–Kier alpha value is -2.14. The summed E-state index contributed by atoms with van der Waals surface area (Å²) in [5.74, 6) is -0.237. The monoisotopic (exact) mass is 303 g/mol. The smallest absolute Gasteiger partial charge is 0.155 e. The highest BCUT2D eigenvalue weighted by molar-refractivity contribution is 7.92. The van der Waals surface area contributed by atoms with Crippen LogP contribution in [0.4, 0.5) is 0 Å². The number of oxime groups is 1. The maximum Gasteiger partial charge on any atom is 0.155 e. The van der Waals surface area contributed by atoms with Crippen molar-refractivity contribution in [3.63, 3.8) is 0 Å². The lowest BCUT2D eigenvalue weighted by Gasteiger charge is -2.07. The van der Waals surface area contributed by atoms with Crippen molar-refractivity contribution in [1.29, 1.82) is 0 Å². The third-order valence-corrected chi connectivity index (χ3v) is 4.84. The van der Waals surface area contributed by atoms with Gasteiger partial charge in [0.1, 0.15) is 5.71 Å². The Morgan fingerprint density at radius 1 is 1.00 bits per heavy atom. The summed E-state index contributed by atoms with van der Waals surface area (Å²) in [6.07, 6.45) is 0. The van der Waals surface area contributed by atoms with Crippen molar-refractivity contribution in [2.24, 2.45) is 5.16 Å². The van der Waals surface area contributed by atoms with Crippen LogP contribution in [-0.4, -0.2) is 30.8 Å². The van der Waals surface area contributed by atoms with Gasteiger partial charge in [-0.3, -0.25) is 0 Å². The molecule has 2 aromatic rings.